The minimum Gasteiger partial charge on any atom is -0.493 e. The fourth-order valence-electron chi connectivity index (χ4n) is 5.02. The van der Waals surface area contributed by atoms with E-state index in [-0.39, 0.29) is 47.9 Å². The molecular formula is C25H23FN2O5. The highest BCUT2D eigenvalue weighted by molar-refractivity contribution is 6.06. The predicted octanol–water partition coefficient (Wildman–Crippen LogP) is 3.56. The molecule has 2 aromatic rings. The Morgan fingerprint density at radius 2 is 1.67 bits per heavy atom. The van der Waals surface area contributed by atoms with E-state index in [9.17, 15) is 14.0 Å². The number of fused-ring (bicyclic) bond motifs is 5. The number of carbonyl (C=O) groups is 2. The molecule has 1 heterocycles. The van der Waals surface area contributed by atoms with Crippen molar-refractivity contribution in [3.63, 3.8) is 0 Å². The lowest BCUT2D eigenvalue weighted by Gasteiger charge is -2.16. The molecule has 2 aromatic carbocycles. The minimum absolute atomic E-state index is 0.119. The summed E-state index contributed by atoms with van der Waals surface area (Å²) in [4.78, 5) is 25.6. The van der Waals surface area contributed by atoms with Gasteiger partial charge in [0.2, 0.25) is 5.75 Å². The van der Waals surface area contributed by atoms with Crippen molar-refractivity contribution in [2.45, 2.75) is 13.0 Å². The molecule has 5 rings (SSSR count). The number of amides is 2. The van der Waals surface area contributed by atoms with Crippen molar-refractivity contribution in [2.75, 3.05) is 14.2 Å². The first kappa shape index (κ1) is 21.2. The van der Waals surface area contributed by atoms with Gasteiger partial charge in [0.15, 0.2) is 11.5 Å². The van der Waals surface area contributed by atoms with Gasteiger partial charge in [0.1, 0.15) is 12.4 Å². The molecule has 33 heavy (non-hydrogen) atoms. The Balaban J connectivity index is 1.36. The summed E-state index contributed by atoms with van der Waals surface area (Å²) in [6.45, 7) is 0.119. The molecule has 0 radical (unpaired) electrons. The number of methoxy groups -OCH3 is 2. The summed E-state index contributed by atoms with van der Waals surface area (Å²) >= 11 is 0. The van der Waals surface area contributed by atoms with Crippen LogP contribution in [0.1, 0.15) is 17.5 Å². The number of hydrogen-bond acceptors (Lipinski definition) is 6. The Morgan fingerprint density at radius 3 is 2.24 bits per heavy atom. The van der Waals surface area contributed by atoms with Crippen LogP contribution in [0.3, 0.4) is 0 Å². The molecule has 3 aliphatic rings. The summed E-state index contributed by atoms with van der Waals surface area (Å²) in [5.41, 5.74) is 1.23. The zero-order valence-corrected chi connectivity index (χ0v) is 18.2. The van der Waals surface area contributed by atoms with Gasteiger partial charge in [-0.3, -0.25) is 9.59 Å². The normalized spacial score (nSPS) is 25.2. The molecule has 2 fully saturated rings. The van der Waals surface area contributed by atoms with Crippen molar-refractivity contribution in [1.29, 1.82) is 0 Å². The Bertz CT molecular complexity index is 1120. The number of ether oxygens (including phenoxy) is 3. The van der Waals surface area contributed by atoms with E-state index in [0.29, 0.717) is 28.4 Å². The van der Waals surface area contributed by atoms with E-state index in [1.54, 1.807) is 24.3 Å². The number of rotatable bonds is 7. The van der Waals surface area contributed by atoms with Crippen LogP contribution in [-0.4, -0.2) is 37.3 Å². The van der Waals surface area contributed by atoms with Crippen LogP contribution in [0.25, 0.3) is 0 Å². The molecule has 8 heteroatoms. The standard InChI is InChI=1S/C25H23FN2O5/c1-31-19-9-15(10-20(32-2)23(19)33-13-14-4-3-5-18(26)8-14)12-27-28-24(29)21-16-6-7-17(11-16)22(21)25(28)30/h3-10,12,16-17,21-22H,11,13H2,1-2H3/t16-,17-,21-,22+/m0/s1. The molecule has 2 bridgehead atoms. The lowest BCUT2D eigenvalue weighted by atomic mass is 9.85. The van der Waals surface area contributed by atoms with Crippen LogP contribution in [0.4, 0.5) is 4.39 Å². The van der Waals surface area contributed by atoms with E-state index < -0.39 is 0 Å². The second kappa shape index (κ2) is 8.35. The van der Waals surface area contributed by atoms with Crippen molar-refractivity contribution in [3.05, 3.63) is 65.5 Å². The number of benzene rings is 2. The number of hydrazone groups is 1. The maximum absolute atomic E-state index is 13.5. The van der Waals surface area contributed by atoms with Gasteiger partial charge >= 0.3 is 0 Å². The van der Waals surface area contributed by atoms with Crippen molar-refractivity contribution < 1.29 is 28.2 Å². The molecule has 7 nitrogen and oxygen atoms in total. The van der Waals surface area contributed by atoms with Crippen molar-refractivity contribution >= 4 is 18.0 Å². The number of hydrogen-bond donors (Lipinski definition) is 0. The topological polar surface area (TPSA) is 77.4 Å². The third-order valence-electron chi connectivity index (χ3n) is 6.52. The summed E-state index contributed by atoms with van der Waals surface area (Å²) in [6.07, 6.45) is 6.40. The van der Waals surface area contributed by atoms with E-state index in [4.69, 9.17) is 14.2 Å². The van der Waals surface area contributed by atoms with Gasteiger partial charge in [0.05, 0.1) is 32.3 Å². The molecule has 2 amide bonds. The molecule has 0 spiro atoms. The van der Waals surface area contributed by atoms with Gasteiger partial charge in [-0.2, -0.15) is 10.1 Å². The van der Waals surface area contributed by atoms with Gasteiger partial charge < -0.3 is 14.2 Å². The van der Waals surface area contributed by atoms with Crippen LogP contribution in [0.15, 0.2) is 53.7 Å². The van der Waals surface area contributed by atoms with Crippen LogP contribution in [0.5, 0.6) is 17.2 Å². The van der Waals surface area contributed by atoms with E-state index in [2.05, 4.69) is 5.10 Å². The molecule has 170 valence electrons. The molecule has 0 N–H and O–H groups in total. The maximum Gasteiger partial charge on any atom is 0.254 e. The van der Waals surface area contributed by atoms with E-state index in [1.807, 2.05) is 12.2 Å². The number of halogens is 1. The molecule has 2 aliphatic carbocycles. The average molecular weight is 450 g/mol. The van der Waals surface area contributed by atoms with Crippen molar-refractivity contribution in [3.8, 4) is 17.2 Å². The molecule has 0 unspecified atom stereocenters. The molecule has 1 saturated carbocycles. The van der Waals surface area contributed by atoms with Crippen LogP contribution in [0.2, 0.25) is 0 Å². The van der Waals surface area contributed by atoms with Gasteiger partial charge in [0.25, 0.3) is 11.8 Å². The molecule has 0 aromatic heterocycles. The van der Waals surface area contributed by atoms with Crippen LogP contribution in [0, 0.1) is 29.5 Å². The summed E-state index contributed by atoms with van der Waals surface area (Å²) in [5.74, 6) is -0.0558. The van der Waals surface area contributed by atoms with Gasteiger partial charge in [-0.25, -0.2) is 4.39 Å². The van der Waals surface area contributed by atoms with Crippen LogP contribution in [-0.2, 0) is 16.2 Å². The predicted molar refractivity (Wildman–Crippen MR) is 117 cm³/mol. The Hall–Kier alpha value is -3.68. The smallest absolute Gasteiger partial charge is 0.254 e. The first-order valence-electron chi connectivity index (χ1n) is 10.7. The van der Waals surface area contributed by atoms with E-state index >= 15 is 0 Å². The maximum atomic E-state index is 13.5. The second-order valence-electron chi connectivity index (χ2n) is 8.41. The monoisotopic (exact) mass is 450 g/mol. The van der Waals surface area contributed by atoms with E-state index in [1.165, 1.54) is 32.6 Å². The highest BCUT2D eigenvalue weighted by atomic mass is 19.1. The third kappa shape index (κ3) is 3.65. The van der Waals surface area contributed by atoms with Gasteiger partial charge in [0, 0.05) is 5.56 Å². The highest BCUT2D eigenvalue weighted by Crippen LogP contribution is 2.52. The SMILES string of the molecule is COc1cc(C=NN2C(=O)[C@@H]3[C@H](C2=O)[C@H]2C=C[C@H]3C2)cc(OC)c1OCc1cccc(F)c1. The van der Waals surface area contributed by atoms with Crippen molar-refractivity contribution in [2.24, 2.45) is 28.8 Å². The summed E-state index contributed by atoms with van der Waals surface area (Å²) in [7, 11) is 2.98. The minimum atomic E-state index is -0.347. The number of nitrogens with zero attached hydrogens (tertiary/aromatic N) is 2. The molecule has 1 saturated heterocycles. The second-order valence-corrected chi connectivity index (χ2v) is 8.41. The van der Waals surface area contributed by atoms with E-state index in [0.717, 1.165) is 11.4 Å². The molecular weight excluding hydrogens is 427 g/mol. The third-order valence-corrected chi connectivity index (χ3v) is 6.52. The zero-order chi connectivity index (χ0) is 23.1. The molecule has 1 aliphatic heterocycles. The highest BCUT2D eigenvalue weighted by Gasteiger charge is 2.59. The van der Waals surface area contributed by atoms with Crippen molar-refractivity contribution in [1.82, 2.24) is 5.01 Å². The van der Waals surface area contributed by atoms with Gasteiger partial charge in [-0.15, -0.1) is 0 Å². The fraction of sp³-hybridized carbons (Fsp3) is 0.320. The zero-order valence-electron chi connectivity index (χ0n) is 18.2. The largest absolute Gasteiger partial charge is 0.493 e. The Labute approximate surface area is 190 Å². The lowest BCUT2D eigenvalue weighted by molar-refractivity contribution is -0.140. The first-order valence-corrected chi connectivity index (χ1v) is 10.7. The van der Waals surface area contributed by atoms with Crippen LogP contribution < -0.4 is 14.2 Å². The number of imide groups is 1. The number of carbonyl (C=O) groups excluding carboxylic acids is 2. The Kier molecular flexibility index (Phi) is 5.36. The Morgan fingerprint density at radius 1 is 1.03 bits per heavy atom. The lowest BCUT2D eigenvalue weighted by Crippen LogP contribution is -2.28. The van der Waals surface area contributed by atoms with Gasteiger partial charge in [-0.1, -0.05) is 24.3 Å². The quantitative estimate of drug-likeness (QED) is 0.366. The van der Waals surface area contributed by atoms with Crippen LogP contribution >= 0.6 is 0 Å². The summed E-state index contributed by atoms with van der Waals surface area (Å²) in [6, 6.07) is 9.46. The summed E-state index contributed by atoms with van der Waals surface area (Å²) in [5, 5.41) is 5.20. The van der Waals surface area contributed by atoms with Gasteiger partial charge in [-0.05, 0) is 48.1 Å². The molecule has 4 atom stereocenters. The fourth-order valence-corrected chi connectivity index (χ4v) is 5.02. The average Bonchev–Trinajstić information content (AvgIpc) is 3.50. The first-order chi connectivity index (χ1) is 16.0. The number of allylic oxidation sites excluding steroid dienone is 2. The summed E-state index contributed by atoms with van der Waals surface area (Å²) < 4.78 is 30.2.